The molecule has 0 radical (unpaired) electrons. The minimum absolute atomic E-state index is 0.0650. The third-order valence-electron chi connectivity index (χ3n) is 7.47. The van der Waals surface area contributed by atoms with Gasteiger partial charge in [-0.3, -0.25) is 14.8 Å². The molecule has 0 spiro atoms. The lowest BCUT2D eigenvalue weighted by molar-refractivity contribution is 0.0399. The maximum atomic E-state index is 15.0. The molecule has 212 valence electrons. The Kier molecular flexibility index (Phi) is 8.16. The highest BCUT2D eigenvalue weighted by Gasteiger charge is 2.33. The number of anilines is 1. The van der Waals surface area contributed by atoms with Gasteiger partial charge in [0.1, 0.15) is 17.7 Å². The van der Waals surface area contributed by atoms with Gasteiger partial charge in [0, 0.05) is 70.6 Å². The number of fused-ring (bicyclic) bond motifs is 1. The van der Waals surface area contributed by atoms with Crippen LogP contribution < -0.4 is 15.8 Å². The van der Waals surface area contributed by atoms with E-state index in [9.17, 15) is 4.79 Å². The zero-order valence-corrected chi connectivity index (χ0v) is 23.8. The number of methoxy groups -OCH3 is 1. The molecule has 8 nitrogen and oxygen atoms in total. The van der Waals surface area contributed by atoms with E-state index in [0.29, 0.717) is 58.4 Å². The molecule has 2 heterocycles. The lowest BCUT2D eigenvalue weighted by Gasteiger charge is -2.42. The van der Waals surface area contributed by atoms with E-state index in [0.717, 1.165) is 11.4 Å². The number of nitrogens with zero attached hydrogens (tertiary/aromatic N) is 4. The van der Waals surface area contributed by atoms with Gasteiger partial charge >= 0.3 is 0 Å². The van der Waals surface area contributed by atoms with Gasteiger partial charge in [-0.05, 0) is 57.4 Å². The highest BCUT2D eigenvalue weighted by molar-refractivity contribution is 6.17. The van der Waals surface area contributed by atoms with E-state index in [-0.39, 0.29) is 18.6 Å². The molecule has 3 aromatic rings. The van der Waals surface area contributed by atoms with Crippen LogP contribution in [0, 0.1) is 5.82 Å². The SMILES string of the molecule is COc1cccc(NC(C)N=CC2=C(N)c3ccc(C(=O)N4CC(N(C)C)C4)cc3C(c3ccccc3F)=NC2)c1. The zero-order valence-electron chi connectivity index (χ0n) is 23.8. The summed E-state index contributed by atoms with van der Waals surface area (Å²) < 4.78 is 20.3. The number of likely N-dealkylation sites (N-methyl/N-ethyl adjacent to an activating group) is 1. The molecular formula is C32H35FN6O2. The lowest BCUT2D eigenvalue weighted by Crippen LogP contribution is -2.59. The lowest BCUT2D eigenvalue weighted by atomic mass is 9.92. The van der Waals surface area contributed by atoms with E-state index in [2.05, 4.69) is 15.2 Å². The van der Waals surface area contributed by atoms with Gasteiger partial charge in [0.05, 0.1) is 19.4 Å². The normalized spacial score (nSPS) is 16.2. The summed E-state index contributed by atoms with van der Waals surface area (Å²) in [5.41, 5.74) is 11.4. The van der Waals surface area contributed by atoms with E-state index in [4.69, 9.17) is 15.5 Å². The van der Waals surface area contributed by atoms with Crippen molar-refractivity contribution in [2.24, 2.45) is 15.7 Å². The Morgan fingerprint density at radius 3 is 2.63 bits per heavy atom. The van der Waals surface area contributed by atoms with Crippen molar-refractivity contribution in [3.8, 4) is 5.75 Å². The molecule has 41 heavy (non-hydrogen) atoms. The van der Waals surface area contributed by atoms with Gasteiger partial charge in [0.15, 0.2) is 0 Å². The van der Waals surface area contributed by atoms with Crippen LogP contribution in [0.2, 0.25) is 0 Å². The van der Waals surface area contributed by atoms with Gasteiger partial charge in [0.2, 0.25) is 0 Å². The maximum Gasteiger partial charge on any atom is 0.253 e. The van der Waals surface area contributed by atoms with Gasteiger partial charge < -0.3 is 25.6 Å². The van der Waals surface area contributed by atoms with Crippen LogP contribution in [-0.2, 0) is 0 Å². The average molecular weight is 555 g/mol. The summed E-state index contributed by atoms with van der Waals surface area (Å²) in [6.07, 6.45) is 1.45. The number of benzene rings is 3. The summed E-state index contributed by atoms with van der Waals surface area (Å²) in [5.74, 6) is 0.292. The van der Waals surface area contributed by atoms with Crippen molar-refractivity contribution in [1.82, 2.24) is 9.80 Å². The smallest absolute Gasteiger partial charge is 0.253 e. The summed E-state index contributed by atoms with van der Waals surface area (Å²) in [6, 6.07) is 19.9. The molecule has 1 unspecified atom stereocenters. The Balaban J connectivity index is 1.47. The van der Waals surface area contributed by atoms with Crippen LogP contribution in [-0.4, -0.2) is 80.7 Å². The quantitative estimate of drug-likeness (QED) is 0.406. The Morgan fingerprint density at radius 2 is 1.90 bits per heavy atom. The fourth-order valence-corrected chi connectivity index (χ4v) is 4.93. The Morgan fingerprint density at radius 1 is 1.12 bits per heavy atom. The molecule has 1 atom stereocenters. The first-order chi connectivity index (χ1) is 19.7. The third kappa shape index (κ3) is 6.00. The van der Waals surface area contributed by atoms with E-state index in [1.54, 1.807) is 43.7 Å². The van der Waals surface area contributed by atoms with Crippen molar-refractivity contribution in [3.63, 3.8) is 0 Å². The number of ether oxygens (including phenoxy) is 1. The summed E-state index contributed by atoms with van der Waals surface area (Å²) in [4.78, 5) is 26.7. The average Bonchev–Trinajstić information content (AvgIpc) is 3.07. The number of carbonyl (C=O) groups is 1. The minimum atomic E-state index is -0.391. The molecule has 0 saturated carbocycles. The van der Waals surface area contributed by atoms with Gasteiger partial charge in [-0.25, -0.2) is 4.39 Å². The maximum absolute atomic E-state index is 15.0. The van der Waals surface area contributed by atoms with E-state index in [1.807, 2.05) is 56.3 Å². The standard InChI is InChI=1S/C32H35FN6O2/c1-20(37-23-8-7-9-25(15-23)41-4)35-16-22-17-36-31(27-10-5-6-11-29(27)33)28-14-21(12-13-26(28)30(22)34)32(40)39-18-24(19-39)38(2)3/h5-16,20,24,37H,17-19,34H2,1-4H3. The summed E-state index contributed by atoms with van der Waals surface area (Å²) in [5, 5.41) is 3.33. The van der Waals surface area contributed by atoms with Gasteiger partial charge in [-0.2, -0.15) is 0 Å². The van der Waals surface area contributed by atoms with Gasteiger partial charge in [-0.15, -0.1) is 0 Å². The Labute approximate surface area is 240 Å². The number of carbonyl (C=O) groups excluding carboxylic acids is 1. The van der Waals surface area contributed by atoms with Crippen LogP contribution in [0.15, 0.2) is 82.3 Å². The van der Waals surface area contributed by atoms with E-state index in [1.165, 1.54) is 6.07 Å². The van der Waals surface area contributed by atoms with Crippen LogP contribution in [0.5, 0.6) is 5.75 Å². The first-order valence-electron chi connectivity index (χ1n) is 13.6. The number of aliphatic imine (C=N–C) groups is 2. The Hall–Kier alpha value is -4.50. The first kappa shape index (κ1) is 28.0. The van der Waals surface area contributed by atoms with E-state index >= 15 is 4.39 Å². The van der Waals surface area contributed by atoms with Crippen LogP contribution in [0.4, 0.5) is 10.1 Å². The zero-order chi connectivity index (χ0) is 29.1. The molecule has 0 aliphatic carbocycles. The number of nitrogens with one attached hydrogen (secondary N) is 1. The molecule has 1 fully saturated rings. The summed E-state index contributed by atoms with van der Waals surface area (Å²) in [7, 11) is 5.65. The van der Waals surface area contributed by atoms with Crippen molar-refractivity contribution in [2.45, 2.75) is 19.1 Å². The van der Waals surface area contributed by atoms with Gasteiger partial charge in [0.25, 0.3) is 5.91 Å². The molecule has 1 saturated heterocycles. The van der Waals surface area contributed by atoms with Crippen LogP contribution in [0.1, 0.15) is 34.0 Å². The fraction of sp³-hybridized carbons (Fsp3) is 0.281. The molecule has 0 aromatic heterocycles. The molecule has 5 rings (SSSR count). The summed E-state index contributed by atoms with van der Waals surface area (Å²) in [6.45, 7) is 3.48. The molecule has 2 aliphatic heterocycles. The van der Waals surface area contributed by atoms with Crippen molar-refractivity contribution < 1.29 is 13.9 Å². The molecule has 0 bridgehead atoms. The monoisotopic (exact) mass is 554 g/mol. The molecule has 2 aliphatic rings. The second kappa shape index (κ2) is 11.9. The minimum Gasteiger partial charge on any atom is -0.497 e. The molecule has 9 heteroatoms. The van der Waals surface area contributed by atoms with Crippen molar-refractivity contribution in [2.75, 3.05) is 46.2 Å². The number of amides is 1. The van der Waals surface area contributed by atoms with Crippen molar-refractivity contribution in [1.29, 1.82) is 0 Å². The molecule has 3 aromatic carbocycles. The Bertz CT molecular complexity index is 1540. The highest BCUT2D eigenvalue weighted by atomic mass is 19.1. The number of hydrogen-bond acceptors (Lipinski definition) is 7. The molecule has 1 amide bonds. The number of likely N-dealkylation sites (tertiary alicyclic amines) is 1. The van der Waals surface area contributed by atoms with Crippen LogP contribution >= 0.6 is 0 Å². The predicted molar refractivity (Wildman–Crippen MR) is 162 cm³/mol. The summed E-state index contributed by atoms with van der Waals surface area (Å²) >= 11 is 0. The highest BCUT2D eigenvalue weighted by Crippen LogP contribution is 2.29. The van der Waals surface area contributed by atoms with Gasteiger partial charge in [-0.1, -0.05) is 24.3 Å². The largest absolute Gasteiger partial charge is 0.497 e. The first-order valence-corrected chi connectivity index (χ1v) is 13.6. The number of rotatable bonds is 8. The third-order valence-corrected chi connectivity index (χ3v) is 7.47. The van der Waals surface area contributed by atoms with Crippen molar-refractivity contribution in [3.05, 3.63) is 100 Å². The predicted octanol–water partition coefficient (Wildman–Crippen LogP) is 4.27. The number of nitrogens with two attached hydrogens (primary N) is 1. The molecule has 3 N–H and O–H groups in total. The molecular weight excluding hydrogens is 519 g/mol. The topological polar surface area (TPSA) is 95.5 Å². The van der Waals surface area contributed by atoms with E-state index < -0.39 is 5.82 Å². The second-order valence-corrected chi connectivity index (χ2v) is 10.5. The van der Waals surface area contributed by atoms with Crippen LogP contribution in [0.3, 0.4) is 0 Å². The van der Waals surface area contributed by atoms with Crippen molar-refractivity contribution >= 4 is 29.2 Å². The van der Waals surface area contributed by atoms with Crippen LogP contribution in [0.25, 0.3) is 5.70 Å². The second-order valence-electron chi connectivity index (χ2n) is 10.5. The number of halogens is 1. The fourth-order valence-electron chi connectivity index (χ4n) is 4.93. The number of hydrogen-bond donors (Lipinski definition) is 2.